The third-order valence-electron chi connectivity index (χ3n) is 4.14. The number of non-ortho nitro benzene ring substituents is 1. The molecule has 3 aromatic rings. The summed E-state index contributed by atoms with van der Waals surface area (Å²) in [6.07, 6.45) is -0.722. The molecule has 0 aliphatic carbocycles. The number of nitrogens with one attached hydrogen (secondary N) is 2. The maximum atomic E-state index is 12.1. The molecular weight excluding hydrogens is 486 g/mol. The van der Waals surface area contributed by atoms with Gasteiger partial charge in [-0.05, 0) is 37.3 Å². The van der Waals surface area contributed by atoms with Gasteiger partial charge in [-0.2, -0.15) is 4.98 Å². The minimum absolute atomic E-state index is 0.0754. The average molecular weight is 504 g/mol. The van der Waals surface area contributed by atoms with Gasteiger partial charge >= 0.3 is 11.8 Å². The standard InChI is InChI=1S/C20H18BrN5O6/c1-12(31-16-4-2-3-14(21)11-16)18(27)22-9-10-23-19(28)20-24-17(25-32-20)13-5-7-15(8-6-13)26(29)30/h2-8,11-12H,9-10H2,1H3,(H,22,27)(H,23,28). The van der Waals surface area contributed by atoms with Gasteiger partial charge in [0.25, 0.3) is 11.6 Å². The van der Waals surface area contributed by atoms with Crippen molar-refractivity contribution in [2.24, 2.45) is 0 Å². The van der Waals surface area contributed by atoms with Gasteiger partial charge in [-0.3, -0.25) is 19.7 Å². The van der Waals surface area contributed by atoms with Crippen molar-refractivity contribution in [2.75, 3.05) is 13.1 Å². The summed E-state index contributed by atoms with van der Waals surface area (Å²) in [6.45, 7) is 1.91. The van der Waals surface area contributed by atoms with Gasteiger partial charge in [0.1, 0.15) is 5.75 Å². The van der Waals surface area contributed by atoms with Gasteiger partial charge in [0, 0.05) is 35.3 Å². The van der Waals surface area contributed by atoms with Crippen LogP contribution in [0.2, 0.25) is 0 Å². The lowest BCUT2D eigenvalue weighted by Crippen LogP contribution is -2.40. The number of halogens is 1. The van der Waals surface area contributed by atoms with Crippen molar-refractivity contribution in [3.05, 3.63) is 69.0 Å². The van der Waals surface area contributed by atoms with Gasteiger partial charge in [0.15, 0.2) is 6.10 Å². The van der Waals surface area contributed by atoms with E-state index >= 15 is 0 Å². The number of amides is 2. The van der Waals surface area contributed by atoms with Crippen molar-refractivity contribution < 1.29 is 23.8 Å². The fraction of sp³-hybridized carbons (Fsp3) is 0.200. The second-order valence-corrected chi connectivity index (χ2v) is 7.41. The second kappa shape index (κ2) is 10.5. The van der Waals surface area contributed by atoms with Crippen LogP contribution in [-0.2, 0) is 4.79 Å². The van der Waals surface area contributed by atoms with E-state index in [0.717, 1.165) is 4.47 Å². The SMILES string of the molecule is CC(Oc1cccc(Br)c1)C(=O)NCCNC(=O)c1nc(-c2ccc([N+](=O)[O-])cc2)no1. The van der Waals surface area contributed by atoms with E-state index in [0.29, 0.717) is 11.3 Å². The first-order valence-corrected chi connectivity index (χ1v) is 10.2. The van der Waals surface area contributed by atoms with E-state index in [4.69, 9.17) is 9.26 Å². The summed E-state index contributed by atoms with van der Waals surface area (Å²) in [4.78, 5) is 38.4. The van der Waals surface area contributed by atoms with Crippen molar-refractivity contribution in [2.45, 2.75) is 13.0 Å². The van der Waals surface area contributed by atoms with Gasteiger partial charge in [-0.25, -0.2) is 0 Å². The summed E-state index contributed by atoms with van der Waals surface area (Å²) in [6, 6.07) is 12.6. The highest BCUT2D eigenvalue weighted by Crippen LogP contribution is 2.20. The lowest BCUT2D eigenvalue weighted by Gasteiger charge is -2.15. The van der Waals surface area contributed by atoms with Crippen molar-refractivity contribution in [3.8, 4) is 17.1 Å². The number of rotatable bonds is 9. The Hall–Kier alpha value is -3.80. The fourth-order valence-electron chi connectivity index (χ4n) is 2.54. The van der Waals surface area contributed by atoms with Crippen LogP contribution in [0.25, 0.3) is 11.4 Å². The molecule has 2 amide bonds. The van der Waals surface area contributed by atoms with E-state index in [2.05, 4.69) is 36.7 Å². The number of ether oxygens (including phenoxy) is 1. The minimum Gasteiger partial charge on any atom is -0.481 e. The number of carbonyl (C=O) groups excluding carboxylic acids is 2. The maximum Gasteiger partial charge on any atom is 0.316 e. The summed E-state index contributed by atoms with van der Waals surface area (Å²) >= 11 is 3.33. The first kappa shape index (κ1) is 22.9. The first-order chi connectivity index (χ1) is 15.3. The quantitative estimate of drug-likeness (QED) is 0.257. The summed E-state index contributed by atoms with van der Waals surface area (Å²) in [5.41, 5.74) is 0.388. The molecule has 0 radical (unpaired) electrons. The van der Waals surface area contributed by atoms with Gasteiger partial charge in [0.05, 0.1) is 4.92 Å². The van der Waals surface area contributed by atoms with E-state index in [1.807, 2.05) is 6.07 Å². The summed E-state index contributed by atoms with van der Waals surface area (Å²) in [5, 5.41) is 19.6. The molecule has 0 spiro atoms. The Labute approximate surface area is 190 Å². The maximum absolute atomic E-state index is 12.1. The largest absolute Gasteiger partial charge is 0.481 e. The number of hydrogen-bond donors (Lipinski definition) is 2. The second-order valence-electron chi connectivity index (χ2n) is 6.49. The zero-order valence-electron chi connectivity index (χ0n) is 16.8. The zero-order chi connectivity index (χ0) is 23.1. The van der Waals surface area contributed by atoms with Gasteiger partial charge in [-0.1, -0.05) is 27.2 Å². The first-order valence-electron chi connectivity index (χ1n) is 9.40. The van der Waals surface area contributed by atoms with E-state index in [9.17, 15) is 19.7 Å². The summed E-state index contributed by atoms with van der Waals surface area (Å²) < 4.78 is 11.3. The number of benzene rings is 2. The fourth-order valence-corrected chi connectivity index (χ4v) is 2.92. The van der Waals surface area contributed by atoms with Crippen molar-refractivity contribution >= 4 is 33.4 Å². The van der Waals surface area contributed by atoms with E-state index in [-0.39, 0.29) is 36.4 Å². The number of nitro groups is 1. The highest BCUT2D eigenvalue weighted by atomic mass is 79.9. The molecule has 1 unspecified atom stereocenters. The number of nitrogens with zero attached hydrogens (tertiary/aromatic N) is 3. The van der Waals surface area contributed by atoms with E-state index < -0.39 is 16.9 Å². The molecule has 0 bridgehead atoms. The van der Waals surface area contributed by atoms with Crippen molar-refractivity contribution in [1.82, 2.24) is 20.8 Å². The van der Waals surface area contributed by atoms with Crippen molar-refractivity contribution in [1.29, 1.82) is 0 Å². The van der Waals surface area contributed by atoms with Crippen LogP contribution in [-0.4, -0.2) is 46.1 Å². The number of hydrogen-bond acceptors (Lipinski definition) is 8. The predicted molar refractivity (Wildman–Crippen MR) is 116 cm³/mol. The number of aromatic nitrogens is 2. The molecule has 0 fully saturated rings. The Kier molecular flexibility index (Phi) is 7.49. The summed E-state index contributed by atoms with van der Waals surface area (Å²) in [7, 11) is 0. The topological polar surface area (TPSA) is 149 Å². The zero-order valence-corrected chi connectivity index (χ0v) is 18.4. The Morgan fingerprint density at radius 2 is 1.91 bits per heavy atom. The minimum atomic E-state index is -0.722. The molecule has 0 aliphatic heterocycles. The highest BCUT2D eigenvalue weighted by Gasteiger charge is 2.18. The average Bonchev–Trinajstić information content (AvgIpc) is 3.27. The number of nitro benzene ring substituents is 1. The van der Waals surface area contributed by atoms with Crippen LogP contribution in [0, 0.1) is 10.1 Å². The third kappa shape index (κ3) is 6.11. The molecule has 166 valence electrons. The molecule has 3 rings (SSSR count). The Morgan fingerprint density at radius 1 is 1.19 bits per heavy atom. The molecule has 1 atom stereocenters. The third-order valence-corrected chi connectivity index (χ3v) is 4.64. The normalized spacial score (nSPS) is 11.4. The number of carbonyl (C=O) groups is 2. The Bertz CT molecular complexity index is 1120. The molecule has 1 heterocycles. The molecule has 12 heteroatoms. The molecule has 2 N–H and O–H groups in total. The van der Waals surface area contributed by atoms with Crippen LogP contribution in [0.15, 0.2) is 57.5 Å². The van der Waals surface area contributed by atoms with Crippen LogP contribution in [0.1, 0.15) is 17.6 Å². The molecule has 1 aromatic heterocycles. The smallest absolute Gasteiger partial charge is 0.316 e. The van der Waals surface area contributed by atoms with Crippen LogP contribution in [0.5, 0.6) is 5.75 Å². The predicted octanol–water partition coefficient (Wildman–Crippen LogP) is 2.72. The monoisotopic (exact) mass is 503 g/mol. The molecule has 0 saturated heterocycles. The molecule has 0 aliphatic rings. The van der Waals surface area contributed by atoms with Crippen LogP contribution in [0.4, 0.5) is 5.69 Å². The highest BCUT2D eigenvalue weighted by molar-refractivity contribution is 9.10. The van der Waals surface area contributed by atoms with E-state index in [1.54, 1.807) is 25.1 Å². The molecule has 0 saturated carbocycles. The van der Waals surface area contributed by atoms with Crippen LogP contribution in [0.3, 0.4) is 0 Å². The Balaban J connectivity index is 1.44. The molecule has 11 nitrogen and oxygen atoms in total. The van der Waals surface area contributed by atoms with Gasteiger partial charge in [0.2, 0.25) is 5.82 Å². The van der Waals surface area contributed by atoms with Crippen LogP contribution < -0.4 is 15.4 Å². The Morgan fingerprint density at radius 3 is 2.59 bits per heavy atom. The lowest BCUT2D eigenvalue weighted by molar-refractivity contribution is -0.384. The molecule has 2 aromatic carbocycles. The lowest BCUT2D eigenvalue weighted by atomic mass is 10.2. The van der Waals surface area contributed by atoms with E-state index in [1.165, 1.54) is 24.3 Å². The molecular formula is C20H18BrN5O6. The van der Waals surface area contributed by atoms with Crippen molar-refractivity contribution in [3.63, 3.8) is 0 Å². The van der Waals surface area contributed by atoms with Gasteiger partial charge in [-0.15, -0.1) is 0 Å². The van der Waals surface area contributed by atoms with Gasteiger partial charge < -0.3 is 19.9 Å². The summed E-state index contributed by atoms with van der Waals surface area (Å²) in [5.74, 6) is -0.542. The molecule has 32 heavy (non-hydrogen) atoms. The van der Waals surface area contributed by atoms with Crippen LogP contribution >= 0.6 is 15.9 Å².